The number of hydrogen-bond donors (Lipinski definition) is 0. The first kappa shape index (κ1) is 29.1. The molecule has 3 aromatic heterocycles. The van der Waals surface area contributed by atoms with Gasteiger partial charge in [0.15, 0.2) is 0 Å². The molecule has 0 saturated carbocycles. The summed E-state index contributed by atoms with van der Waals surface area (Å²) in [6.45, 7) is 0. The molecule has 0 spiro atoms. The molecule has 0 fully saturated rings. The zero-order valence-corrected chi connectivity index (χ0v) is 28.8. The smallest absolute Gasteiger partial charge is 0.145 e. The highest BCUT2D eigenvalue weighted by Crippen LogP contribution is 2.48. The molecule has 0 amide bonds. The van der Waals surface area contributed by atoms with Gasteiger partial charge in [0.05, 0.1) is 22.1 Å². The highest BCUT2D eigenvalue weighted by Gasteiger charge is 2.23. The summed E-state index contributed by atoms with van der Waals surface area (Å²) in [5.41, 5.74) is 10.7. The maximum atomic E-state index is 6.77. The molecule has 0 N–H and O–H groups in total. The van der Waals surface area contributed by atoms with Crippen molar-refractivity contribution in [2.24, 2.45) is 0 Å². The second kappa shape index (κ2) is 11.5. The van der Waals surface area contributed by atoms with E-state index in [2.05, 4.69) is 191 Å². The summed E-state index contributed by atoms with van der Waals surface area (Å²) in [5, 5.41) is 7.22. The minimum Gasteiger partial charge on any atom is -0.455 e. The van der Waals surface area contributed by atoms with Crippen molar-refractivity contribution in [1.82, 2.24) is 4.57 Å². The van der Waals surface area contributed by atoms with Gasteiger partial charge in [0, 0.05) is 59.0 Å². The maximum Gasteiger partial charge on any atom is 0.145 e. The van der Waals surface area contributed by atoms with Crippen LogP contribution in [0.4, 0.5) is 17.1 Å². The van der Waals surface area contributed by atoms with Gasteiger partial charge >= 0.3 is 0 Å². The number of rotatable bonds is 5. The number of fused-ring (bicyclic) bond motifs is 9. The average Bonchev–Trinajstić information content (AvgIpc) is 3.88. The third-order valence-corrected chi connectivity index (χ3v) is 11.5. The Bertz CT molecular complexity index is 3100. The first-order valence-electron chi connectivity index (χ1n) is 17.6. The Morgan fingerprint density at radius 2 is 1.12 bits per heavy atom. The van der Waals surface area contributed by atoms with Crippen molar-refractivity contribution < 1.29 is 4.42 Å². The summed E-state index contributed by atoms with van der Waals surface area (Å²) in [4.78, 5) is 2.42. The van der Waals surface area contributed by atoms with E-state index in [0.717, 1.165) is 55.8 Å². The number of benzene rings is 8. The van der Waals surface area contributed by atoms with E-state index in [1.54, 1.807) is 0 Å². The number of aromatic nitrogens is 1. The molecule has 0 radical (unpaired) electrons. The topological polar surface area (TPSA) is 21.3 Å². The second-order valence-electron chi connectivity index (χ2n) is 13.3. The van der Waals surface area contributed by atoms with Crippen LogP contribution in [-0.2, 0) is 0 Å². The molecule has 11 rings (SSSR count). The lowest BCUT2D eigenvalue weighted by Gasteiger charge is -2.27. The zero-order valence-electron chi connectivity index (χ0n) is 28.0. The van der Waals surface area contributed by atoms with E-state index in [1.165, 1.54) is 42.0 Å². The fourth-order valence-corrected chi connectivity index (χ4v) is 9.18. The van der Waals surface area contributed by atoms with Crippen LogP contribution in [0.15, 0.2) is 186 Å². The van der Waals surface area contributed by atoms with Crippen LogP contribution < -0.4 is 4.90 Å². The molecule has 11 aromatic rings. The van der Waals surface area contributed by atoms with Gasteiger partial charge in [0.1, 0.15) is 11.2 Å². The summed E-state index contributed by atoms with van der Waals surface area (Å²) >= 11 is 1.85. The van der Waals surface area contributed by atoms with Crippen LogP contribution in [0, 0.1) is 0 Å². The van der Waals surface area contributed by atoms with Crippen LogP contribution in [0.25, 0.3) is 80.7 Å². The van der Waals surface area contributed by atoms with Crippen molar-refractivity contribution >= 4 is 92.3 Å². The van der Waals surface area contributed by atoms with Crippen molar-refractivity contribution in [2.75, 3.05) is 4.90 Å². The first-order valence-corrected chi connectivity index (χ1v) is 18.4. The van der Waals surface area contributed by atoms with Crippen LogP contribution in [0.2, 0.25) is 0 Å². The predicted octanol–water partition coefficient (Wildman–Crippen LogP) is 14.2. The van der Waals surface area contributed by atoms with Gasteiger partial charge < -0.3 is 13.9 Å². The van der Waals surface area contributed by atoms with Gasteiger partial charge in [0.25, 0.3) is 0 Å². The summed E-state index contributed by atoms with van der Waals surface area (Å²) in [5.74, 6) is 0. The van der Waals surface area contributed by atoms with E-state index in [9.17, 15) is 0 Å². The molecule has 0 aliphatic heterocycles. The van der Waals surface area contributed by atoms with Gasteiger partial charge in [-0.15, -0.1) is 11.3 Å². The third-order valence-electron chi connectivity index (χ3n) is 10.4. The molecule has 52 heavy (non-hydrogen) atoms. The molecular formula is C48H30N2OS. The van der Waals surface area contributed by atoms with Crippen molar-refractivity contribution in [2.45, 2.75) is 0 Å². The average molecular weight is 683 g/mol. The van der Waals surface area contributed by atoms with Gasteiger partial charge in [-0.25, -0.2) is 0 Å². The molecule has 0 bridgehead atoms. The summed E-state index contributed by atoms with van der Waals surface area (Å²) < 4.78 is 11.7. The summed E-state index contributed by atoms with van der Waals surface area (Å²) in [7, 11) is 0. The lowest BCUT2D eigenvalue weighted by molar-refractivity contribution is 0.670. The fraction of sp³-hybridized carbons (Fsp3) is 0. The molecule has 3 nitrogen and oxygen atoms in total. The van der Waals surface area contributed by atoms with Crippen molar-refractivity contribution in [3.05, 3.63) is 182 Å². The highest BCUT2D eigenvalue weighted by molar-refractivity contribution is 7.25. The SMILES string of the molecule is c1ccc(-c2ccc(N(c3cccc(-n4c5ccccc5c5ccccc54)c3)c3ccc4sc5ccccc5c4c3)c3c2oc2ccccc23)cc1. The van der Waals surface area contributed by atoms with Crippen molar-refractivity contribution in [1.29, 1.82) is 0 Å². The molecule has 0 unspecified atom stereocenters. The van der Waals surface area contributed by atoms with Crippen LogP contribution in [-0.4, -0.2) is 4.57 Å². The van der Waals surface area contributed by atoms with E-state index < -0.39 is 0 Å². The lowest BCUT2D eigenvalue weighted by Crippen LogP contribution is -2.11. The molecule has 0 aliphatic rings. The second-order valence-corrected chi connectivity index (χ2v) is 14.4. The molecule has 0 aliphatic carbocycles. The Morgan fingerprint density at radius 1 is 0.462 bits per heavy atom. The number of anilines is 3. The molecule has 4 heteroatoms. The molecule has 3 heterocycles. The number of furan rings is 1. The van der Waals surface area contributed by atoms with Gasteiger partial charge in [-0.3, -0.25) is 0 Å². The normalized spacial score (nSPS) is 11.8. The number of nitrogens with zero attached hydrogens (tertiary/aromatic N) is 2. The van der Waals surface area contributed by atoms with Crippen LogP contribution in [0.1, 0.15) is 0 Å². The Balaban J connectivity index is 1.21. The molecule has 0 atom stereocenters. The van der Waals surface area contributed by atoms with Crippen LogP contribution >= 0.6 is 11.3 Å². The largest absolute Gasteiger partial charge is 0.455 e. The maximum absolute atomic E-state index is 6.77. The number of thiophene rings is 1. The Hall–Kier alpha value is -6.62. The van der Waals surface area contributed by atoms with Crippen molar-refractivity contribution in [3.63, 3.8) is 0 Å². The quantitative estimate of drug-likeness (QED) is 0.180. The monoisotopic (exact) mass is 682 g/mol. The molecule has 8 aromatic carbocycles. The van der Waals surface area contributed by atoms with E-state index in [1.807, 2.05) is 11.3 Å². The third kappa shape index (κ3) is 4.38. The predicted molar refractivity (Wildman–Crippen MR) is 221 cm³/mol. The minimum atomic E-state index is 0.875. The Morgan fingerprint density at radius 3 is 1.92 bits per heavy atom. The van der Waals surface area contributed by atoms with Gasteiger partial charge in [0.2, 0.25) is 0 Å². The van der Waals surface area contributed by atoms with Gasteiger partial charge in [-0.05, 0) is 78.4 Å². The lowest BCUT2D eigenvalue weighted by atomic mass is 9.99. The van der Waals surface area contributed by atoms with Gasteiger partial charge in [-0.1, -0.05) is 109 Å². The van der Waals surface area contributed by atoms with E-state index in [-0.39, 0.29) is 0 Å². The van der Waals surface area contributed by atoms with Crippen LogP contribution in [0.3, 0.4) is 0 Å². The fourth-order valence-electron chi connectivity index (χ4n) is 8.09. The van der Waals surface area contributed by atoms with E-state index >= 15 is 0 Å². The zero-order chi connectivity index (χ0) is 34.2. The summed E-state index contributed by atoms with van der Waals surface area (Å²) in [6.07, 6.45) is 0. The Kier molecular flexibility index (Phi) is 6.42. The highest BCUT2D eigenvalue weighted by atomic mass is 32.1. The van der Waals surface area contributed by atoms with E-state index in [4.69, 9.17) is 4.42 Å². The standard InChI is InChI=1S/C48H30N2OS/c1-2-13-31(14-3-1)35-26-27-43(47-39-20-6-10-23-44(39)51-48(35)47)49(34-25-28-46-40(30-34)38-19-7-11-24-45(38)52-46)32-15-12-16-33(29-32)50-41-21-8-4-17-36(41)37-18-5-9-22-42(37)50/h1-30H. The summed E-state index contributed by atoms with van der Waals surface area (Å²) in [6, 6.07) is 65.4. The van der Waals surface area contributed by atoms with Crippen LogP contribution in [0.5, 0.6) is 0 Å². The Labute approximate surface area is 303 Å². The molecular weight excluding hydrogens is 653 g/mol. The van der Waals surface area contributed by atoms with E-state index in [0.29, 0.717) is 0 Å². The number of para-hydroxylation sites is 3. The van der Waals surface area contributed by atoms with Gasteiger partial charge in [-0.2, -0.15) is 0 Å². The molecule has 244 valence electrons. The van der Waals surface area contributed by atoms with Crippen molar-refractivity contribution in [3.8, 4) is 16.8 Å². The first-order chi connectivity index (χ1) is 25.8. The molecule has 0 saturated heterocycles. The number of hydrogen-bond acceptors (Lipinski definition) is 3. The minimum absolute atomic E-state index is 0.875.